The highest BCUT2D eigenvalue weighted by Crippen LogP contribution is 2.70. The summed E-state index contributed by atoms with van der Waals surface area (Å²) >= 11 is 0. The number of fused-ring (bicyclic) bond motifs is 5. The molecule has 0 bridgehead atoms. The monoisotopic (exact) mass is 638 g/mol. The Balaban J connectivity index is 1.82. The van der Waals surface area contributed by atoms with Gasteiger partial charge in [-0.3, -0.25) is 0 Å². The largest absolute Gasteiger partial charge is 0.414 e. The van der Waals surface area contributed by atoms with Gasteiger partial charge >= 0.3 is 0 Å². The average Bonchev–Trinajstić information content (AvgIpc) is 3.11. The Kier molecular flexibility index (Phi) is 9.82. The van der Waals surface area contributed by atoms with Crippen molar-refractivity contribution in [3.63, 3.8) is 0 Å². The predicted octanol–water partition coefficient (Wildman–Crippen LogP) is 8.31. The quantitative estimate of drug-likeness (QED) is 0.137. The highest BCUT2D eigenvalue weighted by Gasteiger charge is 2.70. The van der Waals surface area contributed by atoms with E-state index in [0.29, 0.717) is 30.3 Å². The molecule has 7 nitrogen and oxygen atoms in total. The summed E-state index contributed by atoms with van der Waals surface area (Å²) in [5, 5.41) is 9.19. The predicted molar refractivity (Wildman–Crippen MR) is 181 cm³/mol. The van der Waals surface area contributed by atoms with E-state index in [0.717, 1.165) is 37.8 Å². The lowest BCUT2D eigenvalue weighted by Crippen LogP contribution is -2.66. The zero-order valence-corrected chi connectivity index (χ0v) is 32.2. The third kappa shape index (κ3) is 6.69. The molecule has 0 spiro atoms. The Morgan fingerprint density at radius 2 is 1.55 bits per heavy atom. The standard InChI is InChI=1S/C32H62N2O5Si3/c1-30-18-16-24(33-35-3)20-23(30)14-15-25-26-17-19-32(39-42(11,12)13,28(34-36-4)22-37-40(5,6)7)31(26,2)21-27(29(25)30)38-41(8,9)10/h23,25-27,29H,14-22H2,1-13H3/b33-24-,34-28-/t23-,25+,26+,27+,29-,30+,31+,32+/m1/s1. The smallest absolute Gasteiger partial charge is 0.185 e. The highest BCUT2D eigenvalue weighted by molar-refractivity contribution is 6.70. The van der Waals surface area contributed by atoms with Gasteiger partial charge in [0, 0.05) is 11.5 Å². The van der Waals surface area contributed by atoms with E-state index in [1.165, 1.54) is 25.0 Å². The van der Waals surface area contributed by atoms with Gasteiger partial charge in [0.2, 0.25) is 0 Å². The van der Waals surface area contributed by atoms with Crippen LogP contribution in [0.25, 0.3) is 0 Å². The number of hydrogen-bond donors (Lipinski definition) is 0. The summed E-state index contributed by atoms with van der Waals surface area (Å²) in [6.07, 6.45) is 9.13. The molecular formula is C32H62N2O5Si3. The van der Waals surface area contributed by atoms with Gasteiger partial charge in [-0.05, 0) is 139 Å². The number of oxime groups is 2. The van der Waals surface area contributed by atoms with Crippen LogP contribution < -0.4 is 0 Å². The van der Waals surface area contributed by atoms with Gasteiger partial charge in [0.1, 0.15) is 25.5 Å². The topological polar surface area (TPSA) is 70.9 Å². The van der Waals surface area contributed by atoms with Gasteiger partial charge in [0.25, 0.3) is 0 Å². The molecule has 8 atom stereocenters. The zero-order chi connectivity index (χ0) is 31.4. The van der Waals surface area contributed by atoms with Gasteiger partial charge in [-0.1, -0.05) is 24.2 Å². The average molecular weight is 639 g/mol. The van der Waals surface area contributed by atoms with E-state index in [9.17, 15) is 0 Å². The van der Waals surface area contributed by atoms with Gasteiger partial charge in [-0.25, -0.2) is 0 Å². The third-order valence-corrected chi connectivity index (χ3v) is 14.0. The molecule has 0 aromatic heterocycles. The van der Waals surface area contributed by atoms with Gasteiger partial charge in [0.05, 0.1) is 12.3 Å². The van der Waals surface area contributed by atoms with Gasteiger partial charge in [0.15, 0.2) is 25.0 Å². The molecule has 0 aromatic rings. The summed E-state index contributed by atoms with van der Waals surface area (Å²) < 4.78 is 21.4. The SMILES string of the molecule is CO/N=C1/CC[C@@]2(C)[C@H](CC[C@@H]3[C@@H]2[C@@H](O[Si](C)(C)C)C[C@@]2(C)[C@H]3CC[C@]2(O[Si](C)(C)C)/C(CO[Si](C)(C)C)=N\OC)C1. The van der Waals surface area contributed by atoms with Crippen LogP contribution in [0, 0.1) is 34.5 Å². The molecule has 0 N–H and O–H groups in total. The molecule has 4 rings (SSSR count). The molecule has 0 unspecified atom stereocenters. The lowest BCUT2D eigenvalue weighted by Gasteiger charge is -2.64. The first-order chi connectivity index (χ1) is 19.3. The van der Waals surface area contributed by atoms with Crippen molar-refractivity contribution in [2.45, 2.75) is 136 Å². The molecule has 4 fully saturated rings. The number of rotatable bonds is 10. The maximum Gasteiger partial charge on any atom is 0.185 e. The summed E-state index contributed by atoms with van der Waals surface area (Å²) in [7, 11) is -2.27. The second-order valence-corrected chi connectivity index (χ2v) is 30.6. The van der Waals surface area contributed by atoms with Crippen LogP contribution in [0.5, 0.6) is 0 Å². The van der Waals surface area contributed by atoms with Crippen LogP contribution >= 0.6 is 0 Å². The normalized spacial score (nSPS) is 40.4. The van der Waals surface area contributed by atoms with E-state index in [1.807, 2.05) is 0 Å². The molecule has 4 saturated carbocycles. The minimum absolute atomic E-state index is 0.112. The Labute approximate surface area is 260 Å². The fourth-order valence-corrected chi connectivity index (χ4v) is 13.0. The zero-order valence-electron chi connectivity index (χ0n) is 29.2. The highest BCUT2D eigenvalue weighted by atomic mass is 28.4. The number of nitrogens with zero attached hydrogens (tertiary/aromatic N) is 2. The van der Waals surface area contributed by atoms with Crippen molar-refractivity contribution in [2.75, 3.05) is 20.8 Å². The minimum Gasteiger partial charge on any atom is -0.414 e. The minimum atomic E-state index is -1.99. The van der Waals surface area contributed by atoms with Crippen LogP contribution in [-0.4, -0.2) is 68.9 Å². The van der Waals surface area contributed by atoms with E-state index >= 15 is 0 Å². The second-order valence-electron chi connectivity index (χ2n) is 17.2. The first kappa shape index (κ1) is 34.3. The van der Waals surface area contributed by atoms with Crippen molar-refractivity contribution < 1.29 is 23.0 Å². The van der Waals surface area contributed by atoms with Crippen molar-refractivity contribution in [1.29, 1.82) is 0 Å². The van der Waals surface area contributed by atoms with E-state index in [-0.39, 0.29) is 16.9 Å². The van der Waals surface area contributed by atoms with Crippen molar-refractivity contribution in [1.82, 2.24) is 0 Å². The Bertz CT molecular complexity index is 1030. The second kappa shape index (κ2) is 12.0. The first-order valence-corrected chi connectivity index (χ1v) is 26.7. The molecule has 0 aromatic carbocycles. The Morgan fingerprint density at radius 1 is 0.857 bits per heavy atom. The van der Waals surface area contributed by atoms with E-state index < -0.39 is 30.6 Å². The fourth-order valence-electron chi connectivity index (χ4n) is 9.75. The molecule has 10 heteroatoms. The molecule has 4 aliphatic rings. The molecular weight excluding hydrogens is 577 g/mol. The molecule has 0 radical (unpaired) electrons. The lowest BCUT2D eigenvalue weighted by atomic mass is 9.43. The lowest BCUT2D eigenvalue weighted by molar-refractivity contribution is -0.171. The summed E-state index contributed by atoms with van der Waals surface area (Å²) in [5.41, 5.74) is 1.83. The summed E-state index contributed by atoms with van der Waals surface area (Å²) in [5.74, 6) is 2.36. The Morgan fingerprint density at radius 3 is 2.12 bits per heavy atom. The fraction of sp³-hybridized carbons (Fsp3) is 0.938. The molecule has 4 aliphatic carbocycles. The third-order valence-electron chi connectivity index (χ3n) is 11.0. The maximum atomic E-state index is 7.46. The van der Waals surface area contributed by atoms with Crippen molar-refractivity contribution >= 4 is 36.4 Å². The van der Waals surface area contributed by atoms with Crippen molar-refractivity contribution in [2.24, 2.45) is 44.8 Å². The van der Waals surface area contributed by atoms with Gasteiger partial charge < -0.3 is 23.0 Å². The molecule has 42 heavy (non-hydrogen) atoms. The van der Waals surface area contributed by atoms with E-state index in [1.54, 1.807) is 14.2 Å². The van der Waals surface area contributed by atoms with Gasteiger partial charge in [-0.15, -0.1) is 0 Å². The molecule has 0 aliphatic heterocycles. The van der Waals surface area contributed by atoms with Crippen molar-refractivity contribution in [3.8, 4) is 0 Å². The van der Waals surface area contributed by atoms with Crippen LogP contribution in [0.4, 0.5) is 0 Å². The van der Waals surface area contributed by atoms with Crippen LogP contribution in [0.15, 0.2) is 10.3 Å². The summed E-state index contributed by atoms with van der Waals surface area (Å²) in [4.78, 5) is 10.8. The maximum absolute atomic E-state index is 7.46. The van der Waals surface area contributed by atoms with Crippen LogP contribution in [0.2, 0.25) is 58.9 Å². The number of hydrogen-bond acceptors (Lipinski definition) is 7. The Hall–Kier alpha value is -0.529. The molecule has 0 saturated heterocycles. The van der Waals surface area contributed by atoms with Gasteiger partial charge in [-0.2, -0.15) is 0 Å². The molecule has 0 heterocycles. The summed E-state index contributed by atoms with van der Waals surface area (Å²) in [6.45, 7) is 26.4. The van der Waals surface area contributed by atoms with Crippen molar-refractivity contribution in [3.05, 3.63) is 0 Å². The van der Waals surface area contributed by atoms with Crippen LogP contribution in [-0.2, 0) is 23.0 Å². The molecule has 0 amide bonds. The van der Waals surface area contributed by atoms with E-state index in [4.69, 9.17) is 28.1 Å². The van der Waals surface area contributed by atoms with Crippen LogP contribution in [0.1, 0.15) is 65.2 Å². The van der Waals surface area contributed by atoms with Crippen LogP contribution in [0.3, 0.4) is 0 Å². The molecule has 242 valence electrons. The first-order valence-electron chi connectivity index (χ1n) is 16.5. The van der Waals surface area contributed by atoms with E-state index in [2.05, 4.69) is 77.9 Å². The summed E-state index contributed by atoms with van der Waals surface area (Å²) in [6, 6.07) is 0.